The third-order valence-corrected chi connectivity index (χ3v) is 3.23. The summed E-state index contributed by atoms with van der Waals surface area (Å²) in [6, 6.07) is 1.86. The Kier molecular flexibility index (Phi) is 2.37. The fourth-order valence-corrected chi connectivity index (χ4v) is 2.59. The van der Waals surface area contributed by atoms with Gasteiger partial charge in [-0.05, 0) is 12.2 Å². The molecule has 2 heterocycles. The zero-order valence-corrected chi connectivity index (χ0v) is 7.51. The van der Waals surface area contributed by atoms with Crippen molar-refractivity contribution in [1.29, 1.82) is 0 Å². The number of nitrogens with zero attached hydrogens (tertiary/aromatic N) is 1. The first-order chi connectivity index (χ1) is 5.90. The van der Waals surface area contributed by atoms with Gasteiger partial charge in [0.05, 0.1) is 6.61 Å². The maximum Gasteiger partial charge on any atom is 0.141 e. The van der Waals surface area contributed by atoms with Crippen LogP contribution in [0.5, 0.6) is 0 Å². The summed E-state index contributed by atoms with van der Waals surface area (Å²) in [5, 5.41) is 12.5. The van der Waals surface area contributed by atoms with Gasteiger partial charge in [0.2, 0.25) is 0 Å². The Labute approximate surface area is 75.1 Å². The van der Waals surface area contributed by atoms with Crippen LogP contribution in [0.1, 0.15) is 23.8 Å². The lowest BCUT2D eigenvalue weighted by Gasteiger charge is -1.99. The molecule has 1 unspecified atom stereocenters. The molecule has 0 aromatic carbocycles. The molecule has 1 N–H and O–H groups in total. The van der Waals surface area contributed by atoms with Crippen molar-refractivity contribution in [1.82, 2.24) is 5.16 Å². The van der Waals surface area contributed by atoms with Crippen LogP contribution in [0.25, 0.3) is 0 Å². The molecular weight excluding hydrogens is 174 g/mol. The average Bonchev–Trinajstić information content (AvgIpc) is 2.75. The SMILES string of the molecule is OCc1cc(C2CCSC2)on1. The summed E-state index contributed by atoms with van der Waals surface area (Å²) in [5.41, 5.74) is 0.641. The third kappa shape index (κ3) is 1.49. The second-order valence-corrected chi connectivity index (χ2v) is 4.09. The lowest BCUT2D eigenvalue weighted by molar-refractivity contribution is 0.264. The zero-order valence-electron chi connectivity index (χ0n) is 6.69. The number of rotatable bonds is 2. The first-order valence-corrected chi connectivity index (χ1v) is 5.19. The summed E-state index contributed by atoms with van der Waals surface area (Å²) in [5.74, 6) is 3.78. The van der Waals surface area contributed by atoms with Crippen molar-refractivity contribution < 1.29 is 9.63 Å². The van der Waals surface area contributed by atoms with E-state index in [-0.39, 0.29) is 6.61 Å². The second-order valence-electron chi connectivity index (χ2n) is 2.94. The summed E-state index contributed by atoms with van der Waals surface area (Å²) >= 11 is 1.94. The Morgan fingerprint density at radius 2 is 2.67 bits per heavy atom. The van der Waals surface area contributed by atoms with Gasteiger partial charge in [-0.25, -0.2) is 0 Å². The summed E-state index contributed by atoms with van der Waals surface area (Å²) in [4.78, 5) is 0. The minimum absolute atomic E-state index is 0.0244. The van der Waals surface area contributed by atoms with Crippen LogP contribution in [0.3, 0.4) is 0 Å². The lowest BCUT2D eigenvalue weighted by Crippen LogP contribution is -1.93. The van der Waals surface area contributed by atoms with Crippen molar-refractivity contribution in [2.75, 3.05) is 11.5 Å². The minimum atomic E-state index is -0.0244. The quantitative estimate of drug-likeness (QED) is 0.756. The first-order valence-electron chi connectivity index (χ1n) is 4.04. The monoisotopic (exact) mass is 185 g/mol. The van der Waals surface area contributed by atoms with Gasteiger partial charge < -0.3 is 9.63 Å². The molecule has 0 amide bonds. The van der Waals surface area contributed by atoms with E-state index in [1.165, 1.54) is 12.2 Å². The molecule has 66 valence electrons. The summed E-state index contributed by atoms with van der Waals surface area (Å²) in [7, 11) is 0. The molecule has 0 saturated carbocycles. The minimum Gasteiger partial charge on any atom is -0.390 e. The fourth-order valence-electron chi connectivity index (χ4n) is 1.35. The van der Waals surface area contributed by atoms with Gasteiger partial charge in [0.25, 0.3) is 0 Å². The van der Waals surface area contributed by atoms with Gasteiger partial charge in [0, 0.05) is 17.7 Å². The van der Waals surface area contributed by atoms with Crippen LogP contribution in [-0.4, -0.2) is 21.8 Å². The van der Waals surface area contributed by atoms with Gasteiger partial charge in [-0.3, -0.25) is 0 Å². The lowest BCUT2D eigenvalue weighted by atomic mass is 10.1. The highest BCUT2D eigenvalue weighted by Crippen LogP contribution is 2.32. The van der Waals surface area contributed by atoms with E-state index in [0.29, 0.717) is 11.6 Å². The van der Waals surface area contributed by atoms with Crippen LogP contribution < -0.4 is 0 Å². The van der Waals surface area contributed by atoms with E-state index < -0.39 is 0 Å². The normalized spacial score (nSPS) is 23.2. The number of aliphatic hydroxyl groups is 1. The van der Waals surface area contributed by atoms with E-state index in [1.54, 1.807) is 0 Å². The summed E-state index contributed by atoms with van der Waals surface area (Å²) < 4.78 is 5.12. The van der Waals surface area contributed by atoms with Crippen molar-refractivity contribution in [2.45, 2.75) is 18.9 Å². The van der Waals surface area contributed by atoms with Gasteiger partial charge in [-0.15, -0.1) is 0 Å². The van der Waals surface area contributed by atoms with E-state index in [2.05, 4.69) is 5.16 Å². The van der Waals surface area contributed by atoms with Crippen molar-refractivity contribution in [3.8, 4) is 0 Å². The maximum atomic E-state index is 8.77. The molecule has 1 aliphatic heterocycles. The van der Waals surface area contributed by atoms with Crippen LogP contribution in [0.2, 0.25) is 0 Å². The van der Waals surface area contributed by atoms with Crippen LogP contribution in [-0.2, 0) is 6.61 Å². The van der Waals surface area contributed by atoms with Gasteiger partial charge in [0.15, 0.2) is 0 Å². The molecule has 1 aromatic heterocycles. The van der Waals surface area contributed by atoms with Gasteiger partial charge in [-0.1, -0.05) is 5.16 Å². The maximum absolute atomic E-state index is 8.77. The number of aromatic nitrogens is 1. The molecular formula is C8H11NO2S. The molecule has 1 fully saturated rings. The molecule has 1 aromatic rings. The Balaban J connectivity index is 2.11. The van der Waals surface area contributed by atoms with Crippen LogP contribution >= 0.6 is 11.8 Å². The molecule has 12 heavy (non-hydrogen) atoms. The van der Waals surface area contributed by atoms with E-state index in [1.807, 2.05) is 17.8 Å². The number of hydrogen-bond acceptors (Lipinski definition) is 4. The van der Waals surface area contributed by atoms with Gasteiger partial charge >= 0.3 is 0 Å². The van der Waals surface area contributed by atoms with Crippen LogP contribution in [0.15, 0.2) is 10.6 Å². The Bertz CT molecular complexity index is 255. The van der Waals surface area contributed by atoms with Crippen molar-refractivity contribution in [3.63, 3.8) is 0 Å². The highest BCUT2D eigenvalue weighted by atomic mass is 32.2. The molecule has 0 radical (unpaired) electrons. The highest BCUT2D eigenvalue weighted by Gasteiger charge is 2.21. The molecule has 1 atom stereocenters. The van der Waals surface area contributed by atoms with E-state index in [0.717, 1.165) is 11.5 Å². The van der Waals surface area contributed by atoms with Crippen LogP contribution in [0.4, 0.5) is 0 Å². The number of hydrogen-bond donors (Lipinski definition) is 1. The molecule has 0 bridgehead atoms. The number of aliphatic hydroxyl groups excluding tert-OH is 1. The molecule has 3 nitrogen and oxygen atoms in total. The molecule has 4 heteroatoms. The van der Waals surface area contributed by atoms with E-state index in [4.69, 9.17) is 9.63 Å². The van der Waals surface area contributed by atoms with E-state index in [9.17, 15) is 0 Å². The van der Waals surface area contributed by atoms with Crippen molar-refractivity contribution in [3.05, 3.63) is 17.5 Å². The van der Waals surface area contributed by atoms with Crippen LogP contribution in [0, 0.1) is 0 Å². The predicted molar refractivity (Wildman–Crippen MR) is 47.1 cm³/mol. The molecule has 1 aliphatic rings. The third-order valence-electron chi connectivity index (χ3n) is 2.07. The Morgan fingerprint density at radius 3 is 3.25 bits per heavy atom. The van der Waals surface area contributed by atoms with Crippen molar-refractivity contribution in [2.24, 2.45) is 0 Å². The predicted octanol–water partition coefficient (Wildman–Crippen LogP) is 1.39. The molecule has 0 aliphatic carbocycles. The Morgan fingerprint density at radius 1 is 1.75 bits per heavy atom. The zero-order chi connectivity index (χ0) is 8.39. The standard InChI is InChI=1S/C8H11NO2S/c10-4-7-3-8(11-9-7)6-1-2-12-5-6/h3,6,10H,1-2,4-5H2. The highest BCUT2D eigenvalue weighted by molar-refractivity contribution is 7.99. The topological polar surface area (TPSA) is 46.3 Å². The summed E-state index contributed by atoms with van der Waals surface area (Å²) in [6.45, 7) is -0.0244. The Hall–Kier alpha value is -0.480. The fraction of sp³-hybridized carbons (Fsp3) is 0.625. The largest absolute Gasteiger partial charge is 0.390 e. The van der Waals surface area contributed by atoms with Gasteiger partial charge in [0.1, 0.15) is 11.5 Å². The first kappa shape index (κ1) is 8.13. The van der Waals surface area contributed by atoms with Gasteiger partial charge in [-0.2, -0.15) is 11.8 Å². The second kappa shape index (κ2) is 3.49. The molecule has 2 rings (SSSR count). The smallest absolute Gasteiger partial charge is 0.141 e. The average molecular weight is 185 g/mol. The van der Waals surface area contributed by atoms with Crippen molar-refractivity contribution >= 4 is 11.8 Å². The number of thioether (sulfide) groups is 1. The summed E-state index contributed by atoms with van der Waals surface area (Å²) in [6.07, 6.45) is 1.17. The van der Waals surface area contributed by atoms with E-state index >= 15 is 0 Å². The molecule has 0 spiro atoms. The molecule has 1 saturated heterocycles.